The number of halogens is 3. The van der Waals surface area contributed by atoms with E-state index in [4.69, 9.17) is 23.2 Å². The second kappa shape index (κ2) is 7.78. The first-order chi connectivity index (χ1) is 12.3. The fourth-order valence-electron chi connectivity index (χ4n) is 2.72. The molecule has 8 heteroatoms. The molecule has 2 aromatic heterocycles. The Morgan fingerprint density at radius 1 is 1.38 bits per heavy atom. The summed E-state index contributed by atoms with van der Waals surface area (Å²) in [6, 6.07) is 7.89. The minimum atomic E-state index is -0.288. The molecule has 1 amide bonds. The minimum Gasteiger partial charge on any atom is -0.349 e. The highest BCUT2D eigenvalue weighted by atomic mass is 35.5. The van der Waals surface area contributed by atoms with E-state index >= 15 is 0 Å². The monoisotopic (exact) mass is 411 g/mol. The Balaban J connectivity index is 1.73. The number of carbonyl (C=O) groups is 1. The number of carbonyl (C=O) groups excluding carboxylic acids is 1. The largest absolute Gasteiger partial charge is 0.349 e. The van der Waals surface area contributed by atoms with Crippen LogP contribution in [0.15, 0.2) is 36.5 Å². The van der Waals surface area contributed by atoms with Crippen LogP contribution in [0.2, 0.25) is 9.36 Å². The van der Waals surface area contributed by atoms with Gasteiger partial charge in [-0.1, -0.05) is 35.3 Å². The zero-order chi connectivity index (χ0) is 18.8. The van der Waals surface area contributed by atoms with Crippen molar-refractivity contribution in [2.24, 2.45) is 7.05 Å². The van der Waals surface area contributed by atoms with Crippen LogP contribution >= 0.6 is 34.5 Å². The third-order valence-electron chi connectivity index (χ3n) is 3.87. The van der Waals surface area contributed by atoms with Crippen LogP contribution in [0.25, 0.3) is 11.3 Å². The molecule has 3 aromatic rings. The fraction of sp³-hybridized carbons (Fsp3) is 0.222. The van der Waals surface area contributed by atoms with Gasteiger partial charge in [0.05, 0.1) is 21.8 Å². The van der Waals surface area contributed by atoms with Gasteiger partial charge in [0.2, 0.25) is 0 Å². The average Bonchev–Trinajstić information content (AvgIpc) is 3.09. The van der Waals surface area contributed by atoms with E-state index in [1.807, 2.05) is 13.0 Å². The van der Waals surface area contributed by atoms with Crippen molar-refractivity contribution in [1.29, 1.82) is 0 Å². The summed E-state index contributed by atoms with van der Waals surface area (Å²) >= 11 is 13.6. The Morgan fingerprint density at radius 2 is 2.15 bits per heavy atom. The highest BCUT2D eigenvalue weighted by Crippen LogP contribution is 2.38. The number of hydrogen-bond acceptors (Lipinski definition) is 3. The Morgan fingerprint density at radius 3 is 2.81 bits per heavy atom. The van der Waals surface area contributed by atoms with Crippen LogP contribution in [-0.4, -0.2) is 21.7 Å². The van der Waals surface area contributed by atoms with Gasteiger partial charge < -0.3 is 5.32 Å². The van der Waals surface area contributed by atoms with Crippen molar-refractivity contribution in [3.8, 4) is 11.3 Å². The maximum absolute atomic E-state index is 13.3. The molecular weight excluding hydrogens is 396 g/mol. The number of benzene rings is 1. The fourth-order valence-corrected chi connectivity index (χ4v) is 4.17. The first-order valence-corrected chi connectivity index (χ1v) is 9.45. The Hall–Kier alpha value is -1.89. The van der Waals surface area contributed by atoms with Gasteiger partial charge in [-0.15, -0.1) is 11.3 Å². The third-order valence-corrected chi connectivity index (χ3v) is 5.50. The molecule has 0 saturated carbocycles. The molecule has 1 atom stereocenters. The molecule has 3 rings (SSSR count). The van der Waals surface area contributed by atoms with E-state index < -0.39 is 0 Å². The number of rotatable bonds is 5. The molecule has 0 radical (unpaired) electrons. The van der Waals surface area contributed by atoms with Gasteiger partial charge in [0.1, 0.15) is 10.2 Å². The van der Waals surface area contributed by atoms with Gasteiger partial charge in [0.25, 0.3) is 5.91 Å². The second-order valence-electron chi connectivity index (χ2n) is 5.97. The highest BCUT2D eigenvalue weighted by Gasteiger charge is 2.20. The van der Waals surface area contributed by atoms with E-state index in [2.05, 4.69) is 10.4 Å². The van der Waals surface area contributed by atoms with Gasteiger partial charge in [0, 0.05) is 18.7 Å². The van der Waals surface area contributed by atoms with Crippen LogP contribution in [0, 0.1) is 5.82 Å². The number of nitrogens with zero attached hydrogens (tertiary/aromatic N) is 2. The van der Waals surface area contributed by atoms with Gasteiger partial charge in [-0.25, -0.2) is 4.39 Å². The van der Waals surface area contributed by atoms with Crippen molar-refractivity contribution >= 4 is 40.4 Å². The van der Waals surface area contributed by atoms with E-state index in [1.165, 1.54) is 29.7 Å². The molecule has 1 aromatic carbocycles. The van der Waals surface area contributed by atoms with E-state index in [0.717, 1.165) is 5.56 Å². The third kappa shape index (κ3) is 4.09. The summed E-state index contributed by atoms with van der Waals surface area (Å²) < 4.78 is 15.4. The van der Waals surface area contributed by atoms with Gasteiger partial charge >= 0.3 is 0 Å². The van der Waals surface area contributed by atoms with Crippen LogP contribution in [0.4, 0.5) is 4.39 Å². The summed E-state index contributed by atoms with van der Waals surface area (Å²) in [5.74, 6) is -0.519. The van der Waals surface area contributed by atoms with Crippen molar-refractivity contribution in [3.05, 3.63) is 62.1 Å². The van der Waals surface area contributed by atoms with Crippen molar-refractivity contribution in [2.75, 3.05) is 0 Å². The lowest BCUT2D eigenvalue weighted by molar-refractivity contribution is 0.0944. The molecule has 26 heavy (non-hydrogen) atoms. The smallest absolute Gasteiger partial charge is 0.261 e. The van der Waals surface area contributed by atoms with Crippen molar-refractivity contribution in [1.82, 2.24) is 15.1 Å². The molecule has 0 fully saturated rings. The molecule has 0 bridgehead atoms. The number of aromatic nitrogens is 2. The maximum Gasteiger partial charge on any atom is 0.261 e. The molecule has 0 aliphatic heterocycles. The lowest BCUT2D eigenvalue weighted by atomic mass is 10.1. The van der Waals surface area contributed by atoms with Gasteiger partial charge in [-0.2, -0.15) is 5.10 Å². The van der Waals surface area contributed by atoms with E-state index in [0.29, 0.717) is 31.9 Å². The van der Waals surface area contributed by atoms with Crippen LogP contribution in [0.5, 0.6) is 0 Å². The molecule has 0 saturated heterocycles. The number of hydrogen-bond donors (Lipinski definition) is 1. The summed E-state index contributed by atoms with van der Waals surface area (Å²) in [6.45, 7) is 1.87. The van der Waals surface area contributed by atoms with Gasteiger partial charge in [-0.3, -0.25) is 9.48 Å². The van der Waals surface area contributed by atoms with E-state index in [-0.39, 0.29) is 17.8 Å². The average molecular weight is 412 g/mol. The molecule has 136 valence electrons. The zero-order valence-corrected chi connectivity index (χ0v) is 16.4. The first kappa shape index (κ1) is 18.9. The lowest BCUT2D eigenvalue weighted by Gasteiger charge is -2.13. The van der Waals surface area contributed by atoms with Crippen molar-refractivity contribution in [3.63, 3.8) is 0 Å². The van der Waals surface area contributed by atoms with Crippen LogP contribution < -0.4 is 5.32 Å². The summed E-state index contributed by atoms with van der Waals surface area (Å²) in [4.78, 5) is 13.0. The molecule has 0 unspecified atom stereocenters. The topological polar surface area (TPSA) is 46.9 Å². The van der Waals surface area contributed by atoms with E-state index in [1.54, 1.807) is 23.9 Å². The molecule has 0 aliphatic rings. The summed E-state index contributed by atoms with van der Waals surface area (Å²) in [6.07, 6.45) is 2.06. The number of aryl methyl sites for hydroxylation is 1. The Labute approximate surface area is 164 Å². The van der Waals surface area contributed by atoms with Gasteiger partial charge in [-0.05, 0) is 37.1 Å². The molecule has 1 N–H and O–H groups in total. The maximum atomic E-state index is 13.3. The predicted octanol–water partition coefficient (Wildman–Crippen LogP) is 4.96. The Kier molecular flexibility index (Phi) is 5.65. The molecule has 2 heterocycles. The van der Waals surface area contributed by atoms with Crippen LogP contribution in [0.1, 0.15) is 22.2 Å². The van der Waals surface area contributed by atoms with Crippen LogP contribution in [0.3, 0.4) is 0 Å². The molecule has 4 nitrogen and oxygen atoms in total. The number of thiophene rings is 1. The Bertz CT molecular complexity index is 934. The molecular formula is C18H16Cl2FN3OS. The summed E-state index contributed by atoms with van der Waals surface area (Å²) in [5.41, 5.74) is 2.16. The summed E-state index contributed by atoms with van der Waals surface area (Å²) in [7, 11) is 1.76. The SMILES string of the molecule is C[C@H](Cc1cccc(F)c1)NC(=O)c1cc(-c2c(Cl)cnn2C)c(Cl)s1. The minimum absolute atomic E-state index is 0.158. The molecule has 0 aliphatic carbocycles. The zero-order valence-electron chi connectivity index (χ0n) is 14.1. The molecule has 0 spiro atoms. The normalized spacial score (nSPS) is 12.2. The highest BCUT2D eigenvalue weighted by molar-refractivity contribution is 7.18. The first-order valence-electron chi connectivity index (χ1n) is 7.87. The summed E-state index contributed by atoms with van der Waals surface area (Å²) in [5, 5.41) is 7.47. The lowest BCUT2D eigenvalue weighted by Crippen LogP contribution is -2.33. The standard InChI is InChI=1S/C18H16Cl2FN3OS/c1-10(6-11-4-3-5-12(21)7-11)23-18(25)15-8-13(17(20)26-15)16-14(19)9-22-24(16)2/h3-5,7-10H,6H2,1-2H3,(H,23,25)/t10-/m1/s1. The van der Waals surface area contributed by atoms with Gasteiger partial charge in [0.15, 0.2) is 0 Å². The number of amides is 1. The number of nitrogens with one attached hydrogen (secondary N) is 1. The quantitative estimate of drug-likeness (QED) is 0.644. The van der Waals surface area contributed by atoms with E-state index in [9.17, 15) is 9.18 Å². The predicted molar refractivity (Wildman–Crippen MR) is 104 cm³/mol. The second-order valence-corrected chi connectivity index (χ2v) is 8.03. The van der Waals surface area contributed by atoms with Crippen LogP contribution in [-0.2, 0) is 13.5 Å². The van der Waals surface area contributed by atoms with Crippen molar-refractivity contribution < 1.29 is 9.18 Å². The van der Waals surface area contributed by atoms with Crippen molar-refractivity contribution in [2.45, 2.75) is 19.4 Å².